The van der Waals surface area contributed by atoms with Crippen molar-refractivity contribution >= 4 is 29.1 Å². The fourth-order valence-corrected chi connectivity index (χ4v) is 2.13. The van der Waals surface area contributed by atoms with E-state index in [0.717, 1.165) is 12.2 Å². The molecular formula is C10H11ClN6O. The summed E-state index contributed by atoms with van der Waals surface area (Å²) in [6, 6.07) is 1.85. The second kappa shape index (κ2) is 4.41. The number of carbonyl (C=O) groups excluding carboxylic acids is 1. The lowest BCUT2D eigenvalue weighted by molar-refractivity contribution is -0.122. The SMILES string of the molecule is O=C1CCC(Nc2cc(Cl)nc3ncnn23)CN1. The van der Waals surface area contributed by atoms with Crippen molar-refractivity contribution in [3.05, 3.63) is 17.5 Å². The normalized spacial score (nSPS) is 19.8. The second-order valence-electron chi connectivity index (χ2n) is 4.12. The van der Waals surface area contributed by atoms with Gasteiger partial charge in [0.2, 0.25) is 5.91 Å². The number of carbonyl (C=O) groups is 1. The molecule has 3 rings (SSSR count). The van der Waals surface area contributed by atoms with Gasteiger partial charge in [0.1, 0.15) is 17.3 Å². The van der Waals surface area contributed by atoms with Crippen molar-refractivity contribution in [3.8, 4) is 0 Å². The average Bonchev–Trinajstić information content (AvgIpc) is 2.80. The van der Waals surface area contributed by atoms with E-state index in [1.807, 2.05) is 0 Å². The van der Waals surface area contributed by atoms with Gasteiger partial charge >= 0.3 is 0 Å². The van der Waals surface area contributed by atoms with Gasteiger partial charge in [0, 0.05) is 25.1 Å². The summed E-state index contributed by atoms with van der Waals surface area (Å²) in [4.78, 5) is 19.1. The molecule has 0 saturated carbocycles. The molecule has 2 aromatic heterocycles. The van der Waals surface area contributed by atoms with Crippen LogP contribution in [0.15, 0.2) is 12.4 Å². The van der Waals surface area contributed by atoms with Crippen LogP contribution in [0.2, 0.25) is 5.15 Å². The number of nitrogens with zero attached hydrogens (tertiary/aromatic N) is 4. The average molecular weight is 267 g/mol. The number of piperidine rings is 1. The Kier molecular flexibility index (Phi) is 2.75. The van der Waals surface area contributed by atoms with Crippen molar-refractivity contribution in [1.29, 1.82) is 0 Å². The molecule has 18 heavy (non-hydrogen) atoms. The van der Waals surface area contributed by atoms with E-state index in [1.54, 1.807) is 10.6 Å². The molecule has 1 amide bonds. The van der Waals surface area contributed by atoms with Crippen molar-refractivity contribution in [1.82, 2.24) is 24.9 Å². The van der Waals surface area contributed by atoms with E-state index in [-0.39, 0.29) is 11.9 Å². The first-order valence-corrected chi connectivity index (χ1v) is 6.00. The van der Waals surface area contributed by atoms with Crippen LogP contribution in [0.1, 0.15) is 12.8 Å². The van der Waals surface area contributed by atoms with Gasteiger partial charge in [0.05, 0.1) is 0 Å². The summed E-state index contributed by atoms with van der Waals surface area (Å²) in [5.74, 6) is 1.26. The molecule has 0 bridgehead atoms. The van der Waals surface area contributed by atoms with Crippen LogP contribution in [-0.4, -0.2) is 38.1 Å². The Balaban J connectivity index is 1.85. The zero-order chi connectivity index (χ0) is 12.5. The summed E-state index contributed by atoms with van der Waals surface area (Å²) < 4.78 is 1.59. The number of aromatic nitrogens is 4. The molecule has 0 aromatic carbocycles. The van der Waals surface area contributed by atoms with Crippen molar-refractivity contribution in [2.75, 3.05) is 11.9 Å². The lowest BCUT2D eigenvalue weighted by Crippen LogP contribution is -2.42. The molecule has 0 spiro atoms. The molecule has 1 fully saturated rings. The number of halogens is 1. The molecular weight excluding hydrogens is 256 g/mol. The molecule has 1 unspecified atom stereocenters. The first-order chi connectivity index (χ1) is 8.72. The van der Waals surface area contributed by atoms with Gasteiger partial charge in [-0.3, -0.25) is 4.79 Å². The van der Waals surface area contributed by atoms with Gasteiger partial charge in [-0.05, 0) is 6.42 Å². The number of rotatable bonds is 2. The number of hydrogen-bond donors (Lipinski definition) is 2. The minimum absolute atomic E-state index is 0.0895. The standard InChI is InChI=1S/C10H11ClN6O/c11-7-3-8(17-10(16-7)13-5-14-17)15-6-1-2-9(18)12-4-6/h3,5-6,15H,1-2,4H2,(H,12,18). The van der Waals surface area contributed by atoms with Gasteiger partial charge in [0.25, 0.3) is 5.78 Å². The molecule has 3 heterocycles. The summed E-state index contributed by atoms with van der Waals surface area (Å²) >= 11 is 5.92. The maximum atomic E-state index is 11.1. The Morgan fingerprint density at radius 1 is 1.56 bits per heavy atom. The van der Waals surface area contributed by atoms with Crippen LogP contribution >= 0.6 is 11.6 Å². The Morgan fingerprint density at radius 3 is 3.22 bits per heavy atom. The number of fused-ring (bicyclic) bond motifs is 1. The first-order valence-electron chi connectivity index (χ1n) is 5.62. The lowest BCUT2D eigenvalue weighted by atomic mass is 10.1. The van der Waals surface area contributed by atoms with Crippen molar-refractivity contribution in [3.63, 3.8) is 0 Å². The van der Waals surface area contributed by atoms with Gasteiger partial charge in [-0.1, -0.05) is 11.6 Å². The molecule has 1 aliphatic rings. The summed E-state index contributed by atoms with van der Waals surface area (Å²) in [5.41, 5.74) is 0. The molecule has 1 saturated heterocycles. The molecule has 7 nitrogen and oxygen atoms in total. The molecule has 8 heteroatoms. The maximum absolute atomic E-state index is 11.1. The molecule has 1 aliphatic heterocycles. The number of amides is 1. The largest absolute Gasteiger partial charge is 0.365 e. The van der Waals surface area contributed by atoms with Gasteiger partial charge in [-0.15, -0.1) is 0 Å². The maximum Gasteiger partial charge on any atom is 0.255 e. The summed E-state index contributed by atoms with van der Waals surface area (Å²) in [6.07, 6.45) is 2.73. The quantitative estimate of drug-likeness (QED) is 0.772. The topological polar surface area (TPSA) is 84.2 Å². The highest BCUT2D eigenvalue weighted by molar-refractivity contribution is 6.29. The van der Waals surface area contributed by atoms with E-state index in [4.69, 9.17) is 11.6 Å². The fraction of sp³-hybridized carbons (Fsp3) is 0.400. The number of nitrogens with one attached hydrogen (secondary N) is 2. The minimum atomic E-state index is 0.0895. The smallest absolute Gasteiger partial charge is 0.255 e. The third-order valence-electron chi connectivity index (χ3n) is 2.84. The third-order valence-corrected chi connectivity index (χ3v) is 3.03. The predicted octanol–water partition coefficient (Wildman–Crippen LogP) is 0.468. The van der Waals surface area contributed by atoms with E-state index in [1.165, 1.54) is 6.33 Å². The monoisotopic (exact) mass is 266 g/mol. The van der Waals surface area contributed by atoms with Gasteiger partial charge < -0.3 is 10.6 Å². The van der Waals surface area contributed by atoms with E-state index >= 15 is 0 Å². The zero-order valence-electron chi connectivity index (χ0n) is 9.43. The highest BCUT2D eigenvalue weighted by atomic mass is 35.5. The lowest BCUT2D eigenvalue weighted by Gasteiger charge is -2.24. The van der Waals surface area contributed by atoms with Crippen molar-refractivity contribution in [2.24, 2.45) is 0 Å². The van der Waals surface area contributed by atoms with E-state index in [0.29, 0.717) is 23.9 Å². The molecule has 94 valence electrons. The van der Waals surface area contributed by atoms with Gasteiger partial charge in [-0.2, -0.15) is 19.6 Å². The minimum Gasteiger partial charge on any atom is -0.365 e. The van der Waals surface area contributed by atoms with Crippen LogP contribution in [0.3, 0.4) is 0 Å². The zero-order valence-corrected chi connectivity index (χ0v) is 10.2. The first kappa shape index (κ1) is 11.2. The van der Waals surface area contributed by atoms with Crippen LogP contribution in [-0.2, 0) is 4.79 Å². The van der Waals surface area contributed by atoms with E-state index in [2.05, 4.69) is 25.7 Å². The molecule has 0 aliphatic carbocycles. The Bertz CT molecular complexity index is 587. The van der Waals surface area contributed by atoms with Crippen molar-refractivity contribution < 1.29 is 4.79 Å². The van der Waals surface area contributed by atoms with Gasteiger partial charge in [-0.25, -0.2) is 0 Å². The van der Waals surface area contributed by atoms with E-state index in [9.17, 15) is 4.79 Å². The van der Waals surface area contributed by atoms with Crippen LogP contribution in [0.5, 0.6) is 0 Å². The Labute approximate surface area is 108 Å². The van der Waals surface area contributed by atoms with Gasteiger partial charge in [0.15, 0.2) is 0 Å². The molecule has 2 aromatic rings. The number of hydrogen-bond acceptors (Lipinski definition) is 5. The fourth-order valence-electron chi connectivity index (χ4n) is 1.95. The van der Waals surface area contributed by atoms with Crippen LogP contribution in [0.4, 0.5) is 5.82 Å². The Hall–Kier alpha value is -1.89. The Morgan fingerprint density at radius 2 is 2.44 bits per heavy atom. The van der Waals surface area contributed by atoms with Crippen molar-refractivity contribution in [2.45, 2.75) is 18.9 Å². The molecule has 1 atom stereocenters. The predicted molar refractivity (Wildman–Crippen MR) is 65.4 cm³/mol. The molecule has 0 radical (unpaired) electrons. The van der Waals surface area contributed by atoms with Crippen LogP contribution in [0.25, 0.3) is 5.78 Å². The highest BCUT2D eigenvalue weighted by Crippen LogP contribution is 2.17. The number of anilines is 1. The van der Waals surface area contributed by atoms with Crippen LogP contribution in [0, 0.1) is 0 Å². The third kappa shape index (κ3) is 2.08. The van der Waals surface area contributed by atoms with E-state index < -0.39 is 0 Å². The second-order valence-corrected chi connectivity index (χ2v) is 4.51. The highest BCUT2D eigenvalue weighted by Gasteiger charge is 2.19. The summed E-state index contributed by atoms with van der Waals surface area (Å²) in [6.45, 7) is 0.592. The molecule has 2 N–H and O–H groups in total. The summed E-state index contributed by atoms with van der Waals surface area (Å²) in [7, 11) is 0. The summed E-state index contributed by atoms with van der Waals surface area (Å²) in [5, 5.41) is 10.5. The van der Waals surface area contributed by atoms with Crippen LogP contribution < -0.4 is 10.6 Å².